The Kier molecular flexibility index (Phi) is 3.58. The molecule has 2 aromatic rings. The highest BCUT2D eigenvalue weighted by Crippen LogP contribution is 2.28. The fourth-order valence-corrected chi connectivity index (χ4v) is 2.32. The maximum absolute atomic E-state index is 9.38. The Morgan fingerprint density at radius 3 is 2.44 bits per heavy atom. The van der Waals surface area contributed by atoms with Crippen molar-refractivity contribution in [3.63, 3.8) is 0 Å². The van der Waals surface area contributed by atoms with E-state index < -0.39 is 0 Å². The van der Waals surface area contributed by atoms with E-state index in [9.17, 15) is 5.11 Å². The predicted octanol–water partition coefficient (Wildman–Crippen LogP) is 3.29. The molecule has 96 valence electrons. The van der Waals surface area contributed by atoms with Crippen molar-refractivity contribution in [1.29, 1.82) is 0 Å². The number of nitrogens with zero attached hydrogens (tertiary/aromatic N) is 1. The molecule has 2 rings (SSSR count). The van der Waals surface area contributed by atoms with E-state index in [1.165, 1.54) is 16.5 Å². The Morgan fingerprint density at radius 2 is 1.72 bits per heavy atom. The Balaban J connectivity index is 2.36. The third kappa shape index (κ3) is 2.65. The van der Waals surface area contributed by atoms with E-state index in [1.807, 2.05) is 0 Å². The fourth-order valence-electron chi connectivity index (χ4n) is 2.32. The third-order valence-corrected chi connectivity index (χ3v) is 3.27. The van der Waals surface area contributed by atoms with Gasteiger partial charge in [0.2, 0.25) is 0 Å². The molecule has 0 aliphatic carbocycles. The van der Waals surface area contributed by atoms with Gasteiger partial charge in [-0.25, -0.2) is 0 Å². The van der Waals surface area contributed by atoms with Crippen LogP contribution in [0, 0.1) is 5.41 Å². The summed E-state index contributed by atoms with van der Waals surface area (Å²) in [6.45, 7) is 5.18. The number of fused-ring (bicyclic) bond motifs is 1. The van der Waals surface area contributed by atoms with E-state index in [0.29, 0.717) is 0 Å². The minimum Gasteiger partial charge on any atom is -0.396 e. The van der Waals surface area contributed by atoms with Gasteiger partial charge in [-0.15, -0.1) is 0 Å². The molecule has 0 fully saturated rings. The van der Waals surface area contributed by atoms with E-state index in [0.717, 1.165) is 6.54 Å². The minimum atomic E-state index is -0.0916. The number of aliphatic hydroxyl groups excluding tert-OH is 1. The van der Waals surface area contributed by atoms with Gasteiger partial charge in [-0.3, -0.25) is 0 Å². The summed E-state index contributed by atoms with van der Waals surface area (Å²) in [5, 5.41) is 11.9. The van der Waals surface area contributed by atoms with Crippen LogP contribution < -0.4 is 4.90 Å². The molecule has 0 aromatic heterocycles. The molecule has 2 aromatic carbocycles. The van der Waals surface area contributed by atoms with Crippen LogP contribution in [0.15, 0.2) is 42.5 Å². The van der Waals surface area contributed by atoms with Crippen LogP contribution >= 0.6 is 0 Å². The van der Waals surface area contributed by atoms with Gasteiger partial charge < -0.3 is 10.0 Å². The van der Waals surface area contributed by atoms with Crippen molar-refractivity contribution in [3.05, 3.63) is 42.5 Å². The second-order valence-electron chi connectivity index (χ2n) is 5.68. The summed E-state index contributed by atoms with van der Waals surface area (Å²) in [6.07, 6.45) is 0. The van der Waals surface area contributed by atoms with Gasteiger partial charge in [-0.05, 0) is 11.5 Å². The van der Waals surface area contributed by atoms with Gasteiger partial charge in [0, 0.05) is 36.7 Å². The smallest absolute Gasteiger partial charge is 0.0499 e. The van der Waals surface area contributed by atoms with Gasteiger partial charge in [-0.1, -0.05) is 50.2 Å². The molecule has 0 heterocycles. The van der Waals surface area contributed by atoms with Crippen LogP contribution in [0.25, 0.3) is 10.8 Å². The quantitative estimate of drug-likeness (QED) is 0.890. The zero-order valence-electron chi connectivity index (χ0n) is 11.4. The van der Waals surface area contributed by atoms with Gasteiger partial charge in [-0.2, -0.15) is 0 Å². The average Bonchev–Trinajstić information content (AvgIpc) is 2.37. The van der Waals surface area contributed by atoms with E-state index in [1.54, 1.807) is 0 Å². The largest absolute Gasteiger partial charge is 0.396 e. The normalized spacial score (nSPS) is 11.8. The second kappa shape index (κ2) is 4.99. The summed E-state index contributed by atoms with van der Waals surface area (Å²) in [6, 6.07) is 14.7. The van der Waals surface area contributed by atoms with Crippen molar-refractivity contribution in [2.75, 3.05) is 25.1 Å². The molecular formula is C16H21NO. The number of anilines is 1. The van der Waals surface area contributed by atoms with Crippen LogP contribution in [0.2, 0.25) is 0 Å². The Morgan fingerprint density at radius 1 is 1.06 bits per heavy atom. The standard InChI is InChI=1S/C16H21NO/c1-16(2,12-18)11-17(3)15-10-6-8-13-7-4-5-9-14(13)15/h4-10,18H,11-12H2,1-3H3. The highest BCUT2D eigenvalue weighted by molar-refractivity contribution is 5.94. The molecular weight excluding hydrogens is 222 g/mol. The molecule has 2 heteroatoms. The molecule has 0 bridgehead atoms. The molecule has 2 nitrogen and oxygen atoms in total. The van der Waals surface area contributed by atoms with E-state index in [4.69, 9.17) is 0 Å². The summed E-state index contributed by atoms with van der Waals surface area (Å²) >= 11 is 0. The van der Waals surface area contributed by atoms with E-state index in [-0.39, 0.29) is 12.0 Å². The van der Waals surface area contributed by atoms with Gasteiger partial charge in [0.05, 0.1) is 0 Å². The molecule has 0 unspecified atom stereocenters. The lowest BCUT2D eigenvalue weighted by molar-refractivity contribution is 0.165. The highest BCUT2D eigenvalue weighted by Gasteiger charge is 2.19. The summed E-state index contributed by atoms with van der Waals surface area (Å²) in [7, 11) is 2.08. The minimum absolute atomic E-state index is 0.0916. The number of benzene rings is 2. The lowest BCUT2D eigenvalue weighted by atomic mass is 9.94. The first-order chi connectivity index (χ1) is 8.53. The van der Waals surface area contributed by atoms with E-state index >= 15 is 0 Å². The highest BCUT2D eigenvalue weighted by atomic mass is 16.3. The molecule has 1 N–H and O–H groups in total. The van der Waals surface area contributed by atoms with E-state index in [2.05, 4.69) is 68.3 Å². The lowest BCUT2D eigenvalue weighted by Gasteiger charge is -2.30. The average molecular weight is 243 g/mol. The first-order valence-corrected chi connectivity index (χ1v) is 6.33. The lowest BCUT2D eigenvalue weighted by Crippen LogP contribution is -2.33. The topological polar surface area (TPSA) is 23.5 Å². The Hall–Kier alpha value is -1.54. The van der Waals surface area contributed by atoms with Crippen LogP contribution in [0.3, 0.4) is 0 Å². The first-order valence-electron chi connectivity index (χ1n) is 6.33. The summed E-state index contributed by atoms with van der Waals surface area (Å²) < 4.78 is 0. The van der Waals surface area contributed by atoms with Crippen molar-refractivity contribution >= 4 is 16.5 Å². The van der Waals surface area contributed by atoms with Gasteiger partial charge in [0.1, 0.15) is 0 Å². The second-order valence-corrected chi connectivity index (χ2v) is 5.68. The van der Waals surface area contributed by atoms with Crippen LogP contribution in [0.5, 0.6) is 0 Å². The zero-order valence-corrected chi connectivity index (χ0v) is 11.4. The van der Waals surface area contributed by atoms with Crippen LogP contribution in [0.4, 0.5) is 5.69 Å². The number of rotatable bonds is 4. The summed E-state index contributed by atoms with van der Waals surface area (Å²) in [5.41, 5.74) is 1.13. The van der Waals surface area contributed by atoms with Gasteiger partial charge in [0.25, 0.3) is 0 Å². The molecule has 0 saturated heterocycles. The fraction of sp³-hybridized carbons (Fsp3) is 0.375. The van der Waals surface area contributed by atoms with Crippen LogP contribution in [0.1, 0.15) is 13.8 Å². The molecule has 0 aliphatic heterocycles. The maximum atomic E-state index is 9.38. The molecule has 0 atom stereocenters. The number of aliphatic hydroxyl groups is 1. The number of hydrogen-bond donors (Lipinski definition) is 1. The van der Waals surface area contributed by atoms with Crippen molar-refractivity contribution in [2.24, 2.45) is 5.41 Å². The summed E-state index contributed by atoms with van der Waals surface area (Å²) in [5.74, 6) is 0. The molecule has 18 heavy (non-hydrogen) atoms. The SMILES string of the molecule is CN(CC(C)(C)CO)c1cccc2ccccc12. The molecule has 0 saturated carbocycles. The first kappa shape index (κ1) is 12.9. The van der Waals surface area contributed by atoms with Crippen molar-refractivity contribution < 1.29 is 5.11 Å². The number of hydrogen-bond acceptors (Lipinski definition) is 2. The van der Waals surface area contributed by atoms with Crippen LogP contribution in [-0.4, -0.2) is 25.3 Å². The molecule has 0 aliphatic rings. The maximum Gasteiger partial charge on any atom is 0.0499 e. The molecule has 0 radical (unpaired) electrons. The monoisotopic (exact) mass is 243 g/mol. The third-order valence-electron chi connectivity index (χ3n) is 3.27. The Labute approximate surface area is 109 Å². The van der Waals surface area contributed by atoms with Crippen molar-refractivity contribution in [2.45, 2.75) is 13.8 Å². The van der Waals surface area contributed by atoms with Gasteiger partial charge >= 0.3 is 0 Å². The molecule has 0 amide bonds. The van der Waals surface area contributed by atoms with Crippen LogP contribution in [-0.2, 0) is 0 Å². The zero-order chi connectivity index (χ0) is 13.2. The van der Waals surface area contributed by atoms with Crippen molar-refractivity contribution in [1.82, 2.24) is 0 Å². The predicted molar refractivity (Wildman–Crippen MR) is 78.1 cm³/mol. The molecule has 0 spiro atoms. The summed E-state index contributed by atoms with van der Waals surface area (Å²) in [4.78, 5) is 2.22. The Bertz CT molecular complexity index is 528. The van der Waals surface area contributed by atoms with Crippen molar-refractivity contribution in [3.8, 4) is 0 Å². The van der Waals surface area contributed by atoms with Gasteiger partial charge in [0.15, 0.2) is 0 Å².